The lowest BCUT2D eigenvalue weighted by Crippen LogP contribution is -2.47. The maximum Gasteiger partial charge on any atom is 0.310 e. The normalized spacial score (nSPS) is 39.0. The van der Waals surface area contributed by atoms with Crippen molar-refractivity contribution >= 4 is 5.97 Å². The summed E-state index contributed by atoms with van der Waals surface area (Å²) in [6.07, 6.45) is 12.4. The van der Waals surface area contributed by atoms with Crippen molar-refractivity contribution in [3.8, 4) is 0 Å². The zero-order valence-electron chi connectivity index (χ0n) is 12.5. The summed E-state index contributed by atoms with van der Waals surface area (Å²) in [5, 5.41) is 0. The Morgan fingerprint density at radius 1 is 1.29 bits per heavy atom. The number of hydrogen-bond donors (Lipinski definition) is 0. The van der Waals surface area contributed by atoms with Gasteiger partial charge in [0.2, 0.25) is 0 Å². The van der Waals surface area contributed by atoms with Crippen LogP contribution in [0.1, 0.15) is 57.1 Å². The Kier molecular flexibility index (Phi) is 2.98. The van der Waals surface area contributed by atoms with Gasteiger partial charge in [0, 0.05) is 11.0 Å². The first-order valence-electron chi connectivity index (χ1n) is 8.11. The van der Waals surface area contributed by atoms with Crippen LogP contribution < -0.4 is 0 Å². The molecule has 1 aliphatic heterocycles. The third kappa shape index (κ3) is 1.97. The van der Waals surface area contributed by atoms with Crippen LogP contribution in [0.2, 0.25) is 0 Å². The fourth-order valence-electron chi connectivity index (χ4n) is 4.76. The van der Waals surface area contributed by atoms with Crippen molar-refractivity contribution in [2.75, 3.05) is 0 Å². The molecule has 0 aromatic carbocycles. The van der Waals surface area contributed by atoms with Crippen LogP contribution in [-0.4, -0.2) is 5.97 Å². The smallest absolute Gasteiger partial charge is 0.310 e. The summed E-state index contributed by atoms with van der Waals surface area (Å²) in [5.41, 5.74) is 2.50. The molecule has 0 radical (unpaired) electrons. The highest BCUT2D eigenvalue weighted by Crippen LogP contribution is 2.57. The molecule has 21 heavy (non-hydrogen) atoms. The highest BCUT2D eigenvalue weighted by Gasteiger charge is 2.53. The largest absolute Gasteiger partial charge is 0.472 e. The van der Waals surface area contributed by atoms with Crippen molar-refractivity contribution in [1.82, 2.24) is 0 Å². The zero-order chi connectivity index (χ0) is 14.4. The number of furan rings is 1. The molecule has 112 valence electrons. The van der Waals surface area contributed by atoms with E-state index in [1.165, 1.54) is 24.8 Å². The van der Waals surface area contributed by atoms with Gasteiger partial charge < -0.3 is 9.15 Å². The molecule has 4 atom stereocenters. The average molecular weight is 286 g/mol. The summed E-state index contributed by atoms with van der Waals surface area (Å²) in [4.78, 5) is 12.5. The van der Waals surface area contributed by atoms with Crippen LogP contribution in [0.15, 0.2) is 34.7 Å². The number of carbonyl (C=O) groups excluding carboxylic acids is 1. The van der Waals surface area contributed by atoms with Crippen LogP contribution in [0.3, 0.4) is 0 Å². The fourth-order valence-corrected chi connectivity index (χ4v) is 4.76. The Labute approximate surface area is 125 Å². The number of rotatable bonds is 1. The van der Waals surface area contributed by atoms with E-state index >= 15 is 0 Å². The molecule has 0 N–H and O–H groups in total. The maximum absolute atomic E-state index is 12.5. The van der Waals surface area contributed by atoms with Crippen LogP contribution >= 0.6 is 0 Å². The predicted molar refractivity (Wildman–Crippen MR) is 78.4 cm³/mol. The van der Waals surface area contributed by atoms with Crippen molar-refractivity contribution in [3.63, 3.8) is 0 Å². The molecule has 0 spiro atoms. The van der Waals surface area contributed by atoms with E-state index in [1.54, 1.807) is 12.5 Å². The van der Waals surface area contributed by atoms with Gasteiger partial charge in [0.05, 0.1) is 18.4 Å². The van der Waals surface area contributed by atoms with Crippen LogP contribution in [0.5, 0.6) is 0 Å². The lowest BCUT2D eigenvalue weighted by atomic mass is 9.55. The van der Waals surface area contributed by atoms with Gasteiger partial charge in [-0.15, -0.1) is 0 Å². The van der Waals surface area contributed by atoms with E-state index in [1.807, 2.05) is 6.07 Å². The SMILES string of the molecule is C[C@]12CC(c3ccoc3)OC(=O)C1CCC1CCCC=C12. The van der Waals surface area contributed by atoms with Gasteiger partial charge in [0.1, 0.15) is 6.10 Å². The van der Waals surface area contributed by atoms with Crippen LogP contribution in [0.25, 0.3) is 0 Å². The molecule has 0 bridgehead atoms. The van der Waals surface area contributed by atoms with Crippen molar-refractivity contribution < 1.29 is 13.9 Å². The zero-order valence-corrected chi connectivity index (χ0v) is 12.5. The van der Waals surface area contributed by atoms with Gasteiger partial charge in [0.25, 0.3) is 0 Å². The summed E-state index contributed by atoms with van der Waals surface area (Å²) in [6.45, 7) is 2.29. The molecule has 1 aromatic rings. The molecule has 1 saturated carbocycles. The first-order valence-corrected chi connectivity index (χ1v) is 8.11. The quantitative estimate of drug-likeness (QED) is 0.567. The summed E-state index contributed by atoms with van der Waals surface area (Å²) in [7, 11) is 0. The van der Waals surface area contributed by atoms with E-state index in [0.717, 1.165) is 24.8 Å². The first-order chi connectivity index (χ1) is 10.2. The van der Waals surface area contributed by atoms with E-state index in [-0.39, 0.29) is 23.4 Å². The lowest BCUT2D eigenvalue weighted by molar-refractivity contribution is -0.173. The Balaban J connectivity index is 1.71. The Morgan fingerprint density at radius 3 is 3.00 bits per heavy atom. The molecule has 3 heteroatoms. The van der Waals surface area contributed by atoms with E-state index < -0.39 is 0 Å². The van der Waals surface area contributed by atoms with Gasteiger partial charge in [-0.1, -0.05) is 18.6 Å². The van der Waals surface area contributed by atoms with Gasteiger partial charge in [-0.2, -0.15) is 0 Å². The van der Waals surface area contributed by atoms with Gasteiger partial charge in [0.15, 0.2) is 0 Å². The number of esters is 1. The van der Waals surface area contributed by atoms with E-state index in [4.69, 9.17) is 9.15 Å². The third-order valence-corrected chi connectivity index (χ3v) is 5.86. The van der Waals surface area contributed by atoms with E-state index in [9.17, 15) is 4.79 Å². The molecule has 2 heterocycles. The Bertz CT molecular complexity index is 571. The number of allylic oxidation sites excluding steroid dienone is 2. The topological polar surface area (TPSA) is 39.4 Å². The summed E-state index contributed by atoms with van der Waals surface area (Å²) in [5.74, 6) is 0.719. The number of fused-ring (bicyclic) bond motifs is 3. The molecule has 1 aromatic heterocycles. The maximum atomic E-state index is 12.5. The first kappa shape index (κ1) is 13.2. The average Bonchev–Trinajstić information content (AvgIpc) is 3.01. The fraction of sp³-hybridized carbons (Fsp3) is 0.611. The van der Waals surface area contributed by atoms with Crippen molar-refractivity contribution in [2.24, 2.45) is 17.3 Å². The highest BCUT2D eigenvalue weighted by atomic mass is 16.5. The lowest BCUT2D eigenvalue weighted by Gasteiger charge is -2.51. The minimum absolute atomic E-state index is 0.0140. The van der Waals surface area contributed by atoms with Crippen molar-refractivity contribution in [2.45, 2.75) is 51.6 Å². The van der Waals surface area contributed by atoms with Crippen molar-refractivity contribution in [1.29, 1.82) is 0 Å². The highest BCUT2D eigenvalue weighted by molar-refractivity contribution is 5.76. The van der Waals surface area contributed by atoms with Crippen molar-refractivity contribution in [3.05, 3.63) is 35.8 Å². The molecular formula is C18H22O3. The van der Waals surface area contributed by atoms with E-state index in [2.05, 4.69) is 13.0 Å². The third-order valence-electron chi connectivity index (χ3n) is 5.86. The molecule has 2 aliphatic carbocycles. The summed E-state index contributed by atoms with van der Waals surface area (Å²) in [6, 6.07) is 1.91. The molecule has 2 fully saturated rings. The molecule has 0 amide bonds. The Hall–Kier alpha value is -1.51. The second kappa shape index (κ2) is 4.75. The van der Waals surface area contributed by atoms with Gasteiger partial charge in [-0.25, -0.2) is 0 Å². The predicted octanol–water partition coefficient (Wildman–Crippen LogP) is 4.41. The molecule has 3 unspecified atom stereocenters. The van der Waals surface area contributed by atoms with Gasteiger partial charge in [-0.3, -0.25) is 4.79 Å². The van der Waals surface area contributed by atoms with Crippen LogP contribution in [-0.2, 0) is 9.53 Å². The van der Waals surface area contributed by atoms with E-state index in [0.29, 0.717) is 5.92 Å². The minimum atomic E-state index is -0.154. The standard InChI is InChI=1S/C18H22O3/c1-18-10-16(13-8-9-20-11-13)21-17(19)15(18)7-6-12-4-2-3-5-14(12)18/h5,8-9,11-12,15-16H,2-4,6-7,10H2,1H3/t12?,15?,16?,18-/m1/s1. The second-order valence-electron chi connectivity index (χ2n) is 7.02. The summed E-state index contributed by atoms with van der Waals surface area (Å²) >= 11 is 0. The van der Waals surface area contributed by atoms with Gasteiger partial charge >= 0.3 is 5.97 Å². The van der Waals surface area contributed by atoms with Gasteiger partial charge in [-0.05, 0) is 50.5 Å². The molecule has 4 rings (SSSR count). The molecule has 3 nitrogen and oxygen atoms in total. The number of carbonyl (C=O) groups is 1. The second-order valence-corrected chi connectivity index (χ2v) is 7.02. The molecule has 1 saturated heterocycles. The van der Waals surface area contributed by atoms with Crippen LogP contribution in [0.4, 0.5) is 0 Å². The van der Waals surface area contributed by atoms with Crippen LogP contribution in [0, 0.1) is 17.3 Å². The summed E-state index contributed by atoms with van der Waals surface area (Å²) < 4.78 is 10.9. The Morgan fingerprint density at radius 2 is 2.19 bits per heavy atom. The molecule has 3 aliphatic rings. The number of cyclic esters (lactones) is 1. The minimum Gasteiger partial charge on any atom is -0.472 e. The number of hydrogen-bond acceptors (Lipinski definition) is 3. The number of ether oxygens (including phenoxy) is 1. The monoisotopic (exact) mass is 286 g/mol. The molecular weight excluding hydrogens is 264 g/mol.